The first-order chi connectivity index (χ1) is 15.4. The highest BCUT2D eigenvalue weighted by molar-refractivity contribution is 5.93. The lowest BCUT2D eigenvalue weighted by molar-refractivity contribution is -0.172. The van der Waals surface area contributed by atoms with Gasteiger partial charge in [0.15, 0.2) is 5.60 Å². The first-order valence-corrected chi connectivity index (χ1v) is 10.8. The Morgan fingerprint density at radius 3 is 2.88 bits per heavy atom. The van der Waals surface area contributed by atoms with Gasteiger partial charge in [0.1, 0.15) is 12.4 Å². The Labute approximate surface area is 183 Å². The zero-order valence-corrected chi connectivity index (χ0v) is 17.9. The third kappa shape index (κ3) is 2.26. The SMILES string of the molecule is CC[C@@]1(O)C(=O)OCc2c1cc1n(c2=O)Cc2c-1nc1ccc(OC)c3c1c2[C@H](N)CC3. The molecule has 2 aromatic heterocycles. The van der Waals surface area contributed by atoms with Gasteiger partial charge in [0.05, 0.1) is 36.1 Å². The number of ether oxygens (including phenoxy) is 2. The van der Waals surface area contributed by atoms with Crippen molar-refractivity contribution in [3.8, 4) is 17.1 Å². The summed E-state index contributed by atoms with van der Waals surface area (Å²) in [5.74, 6) is 0.0922. The van der Waals surface area contributed by atoms with E-state index in [2.05, 4.69) is 0 Å². The van der Waals surface area contributed by atoms with Crippen molar-refractivity contribution in [3.05, 3.63) is 56.4 Å². The predicted molar refractivity (Wildman–Crippen MR) is 116 cm³/mol. The normalized spacial score (nSPS) is 22.9. The Bertz CT molecular complexity index is 1410. The third-order valence-electron chi connectivity index (χ3n) is 7.26. The number of aliphatic hydroxyl groups is 1. The minimum atomic E-state index is -1.84. The van der Waals surface area contributed by atoms with E-state index in [0.29, 0.717) is 29.1 Å². The van der Waals surface area contributed by atoms with Crippen LogP contribution in [0.2, 0.25) is 0 Å². The summed E-state index contributed by atoms with van der Waals surface area (Å²) in [6.07, 6.45) is 1.69. The maximum atomic E-state index is 13.4. The highest BCUT2D eigenvalue weighted by Gasteiger charge is 2.45. The van der Waals surface area contributed by atoms with Gasteiger partial charge in [-0.15, -0.1) is 0 Å². The first kappa shape index (κ1) is 19.5. The van der Waals surface area contributed by atoms with Gasteiger partial charge >= 0.3 is 5.97 Å². The van der Waals surface area contributed by atoms with Crippen molar-refractivity contribution >= 4 is 16.9 Å². The number of methoxy groups -OCH3 is 1. The summed E-state index contributed by atoms with van der Waals surface area (Å²) >= 11 is 0. The fraction of sp³-hybridized carbons (Fsp3) is 0.375. The highest BCUT2D eigenvalue weighted by atomic mass is 16.6. The van der Waals surface area contributed by atoms with Crippen molar-refractivity contribution in [2.45, 2.75) is 51.0 Å². The fourth-order valence-corrected chi connectivity index (χ4v) is 5.55. The maximum Gasteiger partial charge on any atom is 0.343 e. The summed E-state index contributed by atoms with van der Waals surface area (Å²) in [4.78, 5) is 30.7. The second-order valence-corrected chi connectivity index (χ2v) is 8.74. The number of fused-ring (bicyclic) bond motifs is 5. The largest absolute Gasteiger partial charge is 0.496 e. The standard InChI is InChI=1S/C24H23N3O5/c1-3-24(30)14-8-17-21-12(9-27(17)22(28)13(14)10-32-23(24)29)19-15(25)5-4-11-18(31-2)7-6-16(26-21)20(11)19/h6-8,15,30H,3-5,9-10,25H2,1-2H3/t15-,24+/m1/s1. The van der Waals surface area contributed by atoms with Crippen LogP contribution in [-0.2, 0) is 34.7 Å². The number of nitrogens with two attached hydrogens (primary N) is 1. The minimum Gasteiger partial charge on any atom is -0.496 e. The Hall–Kier alpha value is -3.23. The average molecular weight is 433 g/mol. The van der Waals surface area contributed by atoms with E-state index in [4.69, 9.17) is 20.2 Å². The number of pyridine rings is 2. The van der Waals surface area contributed by atoms with Crippen molar-refractivity contribution in [1.82, 2.24) is 9.55 Å². The maximum absolute atomic E-state index is 13.4. The lowest BCUT2D eigenvalue weighted by atomic mass is 9.83. The van der Waals surface area contributed by atoms with Crippen LogP contribution < -0.4 is 16.0 Å². The summed E-state index contributed by atoms with van der Waals surface area (Å²) in [6.45, 7) is 1.89. The summed E-state index contributed by atoms with van der Waals surface area (Å²) in [6, 6.07) is 5.39. The second-order valence-electron chi connectivity index (χ2n) is 8.74. The number of rotatable bonds is 2. The third-order valence-corrected chi connectivity index (χ3v) is 7.26. The molecule has 3 aromatic rings. The molecule has 1 aromatic carbocycles. The molecule has 0 spiro atoms. The molecule has 1 aliphatic carbocycles. The van der Waals surface area contributed by atoms with Gasteiger partial charge < -0.3 is 24.9 Å². The predicted octanol–water partition coefficient (Wildman–Crippen LogP) is 2.03. The van der Waals surface area contributed by atoms with Crippen LogP contribution >= 0.6 is 0 Å². The van der Waals surface area contributed by atoms with Crippen molar-refractivity contribution in [1.29, 1.82) is 0 Å². The molecule has 0 amide bonds. The smallest absolute Gasteiger partial charge is 0.343 e. The number of aryl methyl sites for hydroxylation is 1. The van der Waals surface area contributed by atoms with Gasteiger partial charge in [-0.3, -0.25) is 4.79 Å². The summed E-state index contributed by atoms with van der Waals surface area (Å²) < 4.78 is 12.4. The average Bonchev–Trinajstić information content (AvgIpc) is 3.17. The monoisotopic (exact) mass is 433 g/mol. The van der Waals surface area contributed by atoms with E-state index >= 15 is 0 Å². The zero-order valence-electron chi connectivity index (χ0n) is 17.9. The molecule has 8 nitrogen and oxygen atoms in total. The Morgan fingerprint density at radius 2 is 2.12 bits per heavy atom. The number of nitrogens with zero attached hydrogens (tertiary/aromatic N) is 2. The molecule has 0 saturated carbocycles. The molecule has 2 atom stereocenters. The topological polar surface area (TPSA) is 117 Å². The molecule has 32 heavy (non-hydrogen) atoms. The molecule has 0 bridgehead atoms. The van der Waals surface area contributed by atoms with Crippen LogP contribution in [0.4, 0.5) is 0 Å². The molecule has 0 saturated heterocycles. The summed E-state index contributed by atoms with van der Waals surface area (Å²) in [5.41, 5.74) is 10.2. The van der Waals surface area contributed by atoms with E-state index in [-0.39, 0.29) is 24.6 Å². The van der Waals surface area contributed by atoms with Crippen LogP contribution in [0.3, 0.4) is 0 Å². The molecule has 4 heterocycles. The molecular formula is C24H23N3O5. The quantitative estimate of drug-likeness (QED) is 0.465. The number of carbonyl (C=O) groups is 1. The molecule has 0 radical (unpaired) electrons. The van der Waals surface area contributed by atoms with E-state index in [0.717, 1.165) is 46.2 Å². The minimum absolute atomic E-state index is 0.110. The number of aromatic nitrogens is 2. The van der Waals surface area contributed by atoms with Crippen LogP contribution in [0.25, 0.3) is 22.3 Å². The Balaban J connectivity index is 1.68. The van der Waals surface area contributed by atoms with Gasteiger partial charge in [-0.25, -0.2) is 9.78 Å². The van der Waals surface area contributed by atoms with Gasteiger partial charge in [0.25, 0.3) is 5.56 Å². The number of hydrogen-bond donors (Lipinski definition) is 2. The summed E-state index contributed by atoms with van der Waals surface area (Å²) in [7, 11) is 1.66. The Morgan fingerprint density at radius 1 is 1.31 bits per heavy atom. The molecule has 3 aliphatic rings. The van der Waals surface area contributed by atoms with Crippen LogP contribution in [0, 0.1) is 0 Å². The Kier molecular flexibility index (Phi) is 3.89. The van der Waals surface area contributed by atoms with Crippen molar-refractivity contribution < 1.29 is 19.4 Å². The zero-order chi connectivity index (χ0) is 22.4. The van der Waals surface area contributed by atoms with Gasteiger partial charge in [-0.1, -0.05) is 6.92 Å². The molecule has 2 aliphatic heterocycles. The molecule has 3 N–H and O–H groups in total. The van der Waals surface area contributed by atoms with Crippen LogP contribution in [0.1, 0.15) is 53.6 Å². The van der Waals surface area contributed by atoms with Crippen molar-refractivity contribution in [3.63, 3.8) is 0 Å². The molecule has 0 fully saturated rings. The molecular weight excluding hydrogens is 410 g/mol. The van der Waals surface area contributed by atoms with Gasteiger partial charge in [0.2, 0.25) is 0 Å². The fourth-order valence-electron chi connectivity index (χ4n) is 5.55. The van der Waals surface area contributed by atoms with Crippen LogP contribution in [-0.4, -0.2) is 27.7 Å². The van der Waals surface area contributed by atoms with E-state index < -0.39 is 11.6 Å². The highest BCUT2D eigenvalue weighted by Crippen LogP contribution is 2.45. The molecule has 0 unspecified atom stereocenters. The van der Waals surface area contributed by atoms with E-state index in [1.807, 2.05) is 12.1 Å². The van der Waals surface area contributed by atoms with Crippen LogP contribution in [0.15, 0.2) is 23.0 Å². The number of hydrogen-bond acceptors (Lipinski definition) is 7. The van der Waals surface area contributed by atoms with E-state index in [1.165, 1.54) is 0 Å². The molecule has 8 heteroatoms. The first-order valence-electron chi connectivity index (χ1n) is 10.8. The van der Waals surface area contributed by atoms with Gasteiger partial charge in [0, 0.05) is 28.1 Å². The van der Waals surface area contributed by atoms with E-state index in [9.17, 15) is 14.7 Å². The van der Waals surface area contributed by atoms with Gasteiger partial charge in [-0.2, -0.15) is 0 Å². The van der Waals surface area contributed by atoms with Gasteiger partial charge in [-0.05, 0) is 43.0 Å². The lowest BCUT2D eigenvalue weighted by Crippen LogP contribution is -2.44. The molecule has 164 valence electrons. The van der Waals surface area contributed by atoms with E-state index in [1.54, 1.807) is 24.7 Å². The second kappa shape index (κ2) is 6.40. The number of benzene rings is 1. The summed E-state index contributed by atoms with van der Waals surface area (Å²) in [5, 5.41) is 12.1. The number of esters is 1. The molecule has 6 rings (SSSR count). The van der Waals surface area contributed by atoms with Crippen LogP contribution in [0.5, 0.6) is 5.75 Å². The number of cyclic esters (lactones) is 1. The lowest BCUT2D eigenvalue weighted by Gasteiger charge is -2.31. The van der Waals surface area contributed by atoms with Crippen molar-refractivity contribution in [2.75, 3.05) is 7.11 Å². The van der Waals surface area contributed by atoms with Crippen molar-refractivity contribution in [2.24, 2.45) is 5.73 Å². The number of carbonyl (C=O) groups excluding carboxylic acids is 1.